The Kier molecular flexibility index (Phi) is 5.43. The topological polar surface area (TPSA) is 53.5 Å². The Balaban J connectivity index is 1.38. The molecule has 0 saturated carbocycles. The third-order valence-electron chi connectivity index (χ3n) is 5.32. The summed E-state index contributed by atoms with van der Waals surface area (Å²) in [5.41, 5.74) is 3.62. The Morgan fingerprint density at radius 1 is 1.07 bits per heavy atom. The lowest BCUT2D eigenvalue weighted by molar-refractivity contribution is 0.120. The monoisotopic (exact) mass is 367 g/mol. The molecule has 4 rings (SSSR count). The summed E-state index contributed by atoms with van der Waals surface area (Å²) in [4.78, 5) is 14.1. The van der Waals surface area contributed by atoms with Gasteiger partial charge in [-0.25, -0.2) is 4.98 Å². The lowest BCUT2D eigenvalue weighted by atomic mass is 10.2. The first-order valence-electron chi connectivity index (χ1n) is 9.95. The van der Waals surface area contributed by atoms with Crippen LogP contribution in [0.1, 0.15) is 24.1 Å². The number of hydrogen-bond acceptors (Lipinski definition) is 6. The lowest BCUT2D eigenvalue weighted by Crippen LogP contribution is -2.47. The molecule has 2 aliphatic heterocycles. The van der Waals surface area contributed by atoms with Crippen LogP contribution in [0.15, 0.2) is 30.3 Å². The quantitative estimate of drug-likeness (QED) is 0.877. The van der Waals surface area contributed by atoms with Crippen molar-refractivity contribution in [1.29, 1.82) is 0 Å². The van der Waals surface area contributed by atoms with E-state index in [1.165, 1.54) is 11.3 Å². The fourth-order valence-electron chi connectivity index (χ4n) is 3.82. The zero-order valence-corrected chi connectivity index (χ0v) is 16.3. The van der Waals surface area contributed by atoms with E-state index in [0.29, 0.717) is 5.95 Å². The molecule has 0 aliphatic carbocycles. The third-order valence-corrected chi connectivity index (χ3v) is 5.32. The Labute approximate surface area is 161 Å². The van der Waals surface area contributed by atoms with Crippen LogP contribution in [0.2, 0.25) is 0 Å². The van der Waals surface area contributed by atoms with E-state index < -0.39 is 0 Å². The summed E-state index contributed by atoms with van der Waals surface area (Å²) in [5.74, 6) is 1.72. The molecule has 0 amide bonds. The van der Waals surface area contributed by atoms with E-state index >= 15 is 0 Å². The number of piperazine rings is 1. The van der Waals surface area contributed by atoms with E-state index in [-0.39, 0.29) is 6.10 Å². The molecule has 0 bridgehead atoms. The van der Waals surface area contributed by atoms with Crippen molar-refractivity contribution in [1.82, 2.24) is 9.97 Å². The van der Waals surface area contributed by atoms with Gasteiger partial charge in [0.15, 0.2) is 0 Å². The van der Waals surface area contributed by atoms with Gasteiger partial charge in [-0.15, -0.1) is 0 Å². The fourth-order valence-corrected chi connectivity index (χ4v) is 3.82. The largest absolute Gasteiger partial charge is 0.376 e. The predicted molar refractivity (Wildman–Crippen MR) is 110 cm³/mol. The maximum Gasteiger partial charge on any atom is 0.224 e. The van der Waals surface area contributed by atoms with Crippen molar-refractivity contribution in [3.05, 3.63) is 41.6 Å². The van der Waals surface area contributed by atoms with Gasteiger partial charge in [0.1, 0.15) is 5.82 Å². The standard InChI is InChI=1S/C21H29N5O/c1-16-5-3-6-18(13-16)25-8-10-26(11-9-25)20-14-17(2)23-21(24-20)22-15-19-7-4-12-27-19/h3,5-6,13-14,19H,4,7-12,15H2,1-2H3,(H,22,23,24). The van der Waals surface area contributed by atoms with E-state index in [0.717, 1.165) is 63.7 Å². The fraction of sp³-hybridized carbons (Fsp3) is 0.524. The normalized spacial score (nSPS) is 20.1. The Hall–Kier alpha value is -2.34. The van der Waals surface area contributed by atoms with Gasteiger partial charge in [-0.05, 0) is 44.4 Å². The van der Waals surface area contributed by atoms with Crippen LogP contribution in [0.5, 0.6) is 0 Å². The Morgan fingerprint density at radius 3 is 2.63 bits per heavy atom. The zero-order valence-electron chi connectivity index (χ0n) is 16.3. The van der Waals surface area contributed by atoms with Gasteiger partial charge >= 0.3 is 0 Å². The first-order chi connectivity index (χ1) is 13.2. The molecule has 6 nitrogen and oxygen atoms in total. The highest BCUT2D eigenvalue weighted by molar-refractivity contribution is 5.52. The molecular formula is C21H29N5O. The molecule has 0 spiro atoms. The Morgan fingerprint density at radius 2 is 1.89 bits per heavy atom. The van der Waals surface area contributed by atoms with Crippen molar-refractivity contribution in [2.24, 2.45) is 0 Å². The van der Waals surface area contributed by atoms with Gasteiger partial charge < -0.3 is 19.9 Å². The number of nitrogens with one attached hydrogen (secondary N) is 1. The van der Waals surface area contributed by atoms with Gasteiger partial charge in [-0.3, -0.25) is 0 Å². The lowest BCUT2D eigenvalue weighted by Gasteiger charge is -2.37. The molecule has 2 fully saturated rings. The minimum atomic E-state index is 0.287. The van der Waals surface area contributed by atoms with Crippen molar-refractivity contribution in [2.45, 2.75) is 32.8 Å². The molecule has 1 aromatic carbocycles. The van der Waals surface area contributed by atoms with Crippen LogP contribution in [-0.2, 0) is 4.74 Å². The molecule has 3 heterocycles. The van der Waals surface area contributed by atoms with Crippen molar-refractivity contribution in [3.8, 4) is 0 Å². The van der Waals surface area contributed by atoms with E-state index in [4.69, 9.17) is 9.72 Å². The number of benzene rings is 1. The summed E-state index contributed by atoms with van der Waals surface area (Å²) in [6.45, 7) is 9.78. The summed E-state index contributed by atoms with van der Waals surface area (Å²) in [6.07, 6.45) is 2.56. The molecule has 1 N–H and O–H groups in total. The highest BCUT2D eigenvalue weighted by Gasteiger charge is 2.20. The SMILES string of the molecule is Cc1cccc(N2CCN(c3cc(C)nc(NCC4CCCO4)n3)CC2)c1. The second kappa shape index (κ2) is 8.13. The van der Waals surface area contributed by atoms with Crippen LogP contribution in [0.3, 0.4) is 0 Å². The highest BCUT2D eigenvalue weighted by Crippen LogP contribution is 2.22. The van der Waals surface area contributed by atoms with Crippen LogP contribution < -0.4 is 15.1 Å². The highest BCUT2D eigenvalue weighted by atomic mass is 16.5. The van der Waals surface area contributed by atoms with E-state index in [9.17, 15) is 0 Å². The smallest absolute Gasteiger partial charge is 0.224 e. The van der Waals surface area contributed by atoms with E-state index in [1.807, 2.05) is 6.92 Å². The number of aromatic nitrogens is 2. The average Bonchev–Trinajstić information content (AvgIpc) is 3.20. The first-order valence-corrected chi connectivity index (χ1v) is 9.95. The molecule has 2 aromatic rings. The molecule has 6 heteroatoms. The number of anilines is 3. The van der Waals surface area contributed by atoms with Gasteiger partial charge in [0, 0.05) is 56.8 Å². The predicted octanol–water partition coefficient (Wildman–Crippen LogP) is 3.01. The molecular weight excluding hydrogens is 338 g/mol. The third kappa shape index (κ3) is 4.50. The number of ether oxygens (including phenoxy) is 1. The molecule has 144 valence electrons. The molecule has 1 unspecified atom stereocenters. The van der Waals surface area contributed by atoms with Gasteiger partial charge in [0.05, 0.1) is 6.10 Å². The molecule has 2 aliphatic rings. The van der Waals surface area contributed by atoms with Crippen molar-refractivity contribution in [2.75, 3.05) is 54.4 Å². The molecule has 1 aromatic heterocycles. The molecule has 27 heavy (non-hydrogen) atoms. The molecule has 1 atom stereocenters. The van der Waals surface area contributed by atoms with E-state index in [2.05, 4.69) is 57.4 Å². The van der Waals surface area contributed by atoms with Crippen LogP contribution in [0, 0.1) is 13.8 Å². The van der Waals surface area contributed by atoms with Gasteiger partial charge in [-0.2, -0.15) is 4.98 Å². The average molecular weight is 367 g/mol. The molecule has 0 radical (unpaired) electrons. The van der Waals surface area contributed by atoms with Crippen molar-refractivity contribution >= 4 is 17.5 Å². The number of nitrogens with zero attached hydrogens (tertiary/aromatic N) is 4. The number of rotatable bonds is 5. The summed E-state index contributed by atoms with van der Waals surface area (Å²) in [7, 11) is 0. The van der Waals surface area contributed by atoms with Crippen LogP contribution in [0.4, 0.5) is 17.5 Å². The van der Waals surface area contributed by atoms with Crippen LogP contribution in [-0.4, -0.2) is 55.4 Å². The number of aryl methyl sites for hydroxylation is 2. The summed E-state index contributed by atoms with van der Waals surface area (Å²) < 4.78 is 5.68. The van der Waals surface area contributed by atoms with Crippen LogP contribution in [0.25, 0.3) is 0 Å². The maximum absolute atomic E-state index is 5.68. The first kappa shape index (κ1) is 18.0. The Bertz CT molecular complexity index is 767. The summed E-state index contributed by atoms with van der Waals surface area (Å²) in [5, 5.41) is 3.36. The molecule has 2 saturated heterocycles. The maximum atomic E-state index is 5.68. The van der Waals surface area contributed by atoms with Gasteiger partial charge in [-0.1, -0.05) is 12.1 Å². The second-order valence-corrected chi connectivity index (χ2v) is 7.52. The summed E-state index contributed by atoms with van der Waals surface area (Å²) in [6, 6.07) is 10.8. The second-order valence-electron chi connectivity index (χ2n) is 7.52. The van der Waals surface area contributed by atoms with E-state index in [1.54, 1.807) is 0 Å². The van der Waals surface area contributed by atoms with Gasteiger partial charge in [0.25, 0.3) is 0 Å². The zero-order chi connectivity index (χ0) is 18.6. The van der Waals surface area contributed by atoms with Crippen LogP contribution >= 0.6 is 0 Å². The number of hydrogen-bond donors (Lipinski definition) is 1. The van der Waals surface area contributed by atoms with Crippen molar-refractivity contribution < 1.29 is 4.74 Å². The minimum absolute atomic E-state index is 0.287. The summed E-state index contributed by atoms with van der Waals surface area (Å²) >= 11 is 0. The van der Waals surface area contributed by atoms with Gasteiger partial charge in [0.2, 0.25) is 5.95 Å². The van der Waals surface area contributed by atoms with Crippen molar-refractivity contribution in [3.63, 3.8) is 0 Å². The minimum Gasteiger partial charge on any atom is -0.376 e.